The number of β-lactam (4-membered cyclic amide) rings is 1. The third kappa shape index (κ3) is 4.71. The van der Waals surface area contributed by atoms with Crippen molar-refractivity contribution >= 4 is 29.5 Å². The highest BCUT2D eigenvalue weighted by Gasteiger charge is 2.55. The van der Waals surface area contributed by atoms with E-state index < -0.39 is 47.7 Å². The van der Waals surface area contributed by atoms with Crippen molar-refractivity contribution in [2.24, 2.45) is 11.8 Å². The first-order valence-electron chi connectivity index (χ1n) is 9.93. The minimum Gasteiger partial charge on any atom is -0.480 e. The molecule has 1 aromatic heterocycles. The lowest BCUT2D eigenvalue weighted by Crippen LogP contribution is -2.70. The van der Waals surface area contributed by atoms with Crippen LogP contribution >= 0.6 is 11.6 Å². The first-order chi connectivity index (χ1) is 14.1. The second kappa shape index (κ2) is 8.83. The summed E-state index contributed by atoms with van der Waals surface area (Å²) >= 11 is 5.87. The van der Waals surface area contributed by atoms with Crippen LogP contribution in [-0.2, 0) is 16.0 Å². The summed E-state index contributed by atoms with van der Waals surface area (Å²) in [5.41, 5.74) is 0.548. The summed E-state index contributed by atoms with van der Waals surface area (Å²) in [7, 11) is 0. The van der Waals surface area contributed by atoms with E-state index in [1.807, 2.05) is 0 Å². The highest BCUT2D eigenvalue weighted by molar-refractivity contribution is 6.30. The second-order valence-electron chi connectivity index (χ2n) is 8.09. The molecule has 2 fully saturated rings. The first-order valence-corrected chi connectivity index (χ1v) is 10.3. The lowest BCUT2D eigenvalue weighted by Gasteiger charge is -2.44. The number of alkyl halides is 2. The summed E-state index contributed by atoms with van der Waals surface area (Å²) in [6.45, 7) is 0.730. The Morgan fingerprint density at radius 2 is 2.00 bits per heavy atom. The zero-order valence-corrected chi connectivity index (χ0v) is 17.2. The maximum atomic E-state index is 14.2. The summed E-state index contributed by atoms with van der Waals surface area (Å²) in [6, 6.07) is -2.43. The van der Waals surface area contributed by atoms with Crippen LogP contribution in [0.15, 0.2) is 18.5 Å². The van der Waals surface area contributed by atoms with E-state index in [1.165, 1.54) is 12.4 Å². The van der Waals surface area contributed by atoms with Gasteiger partial charge in [-0.15, -0.1) is 0 Å². The van der Waals surface area contributed by atoms with Crippen molar-refractivity contribution in [3.63, 3.8) is 0 Å². The van der Waals surface area contributed by atoms with E-state index >= 15 is 0 Å². The van der Waals surface area contributed by atoms with E-state index in [4.69, 9.17) is 11.6 Å². The van der Waals surface area contributed by atoms with Gasteiger partial charge in [-0.1, -0.05) is 30.9 Å². The molecule has 0 aromatic carbocycles. The van der Waals surface area contributed by atoms with Gasteiger partial charge in [0.25, 0.3) is 5.92 Å². The number of carboxylic acids is 1. The van der Waals surface area contributed by atoms with Crippen molar-refractivity contribution in [3.05, 3.63) is 29.0 Å². The van der Waals surface area contributed by atoms with Crippen LogP contribution in [0.1, 0.15) is 44.6 Å². The molecular weight excluding hydrogens is 420 g/mol. The number of rotatable bonds is 6. The molecule has 10 heteroatoms. The standard InChI is InChI=1S/C20H24ClF2N3O4/c1-20(22,23)16(12-5-3-2-4-6-12)25-19(30)26-15(18(28)29)14(17(26)27)8-11-7-13(21)10-24-9-11/h7,9-10,12,14-16H,2-6,8H2,1H3,(H,25,30)(H,28,29)/t14?,15-,16-/m0/s1. The maximum Gasteiger partial charge on any atom is 0.327 e. The normalized spacial score (nSPS) is 23.6. The Kier molecular flexibility index (Phi) is 6.59. The van der Waals surface area contributed by atoms with Gasteiger partial charge in [-0.25, -0.2) is 23.3 Å². The number of hydrogen-bond acceptors (Lipinski definition) is 4. The first kappa shape index (κ1) is 22.4. The molecule has 0 bridgehead atoms. The average Bonchev–Trinajstić information content (AvgIpc) is 2.67. The number of carbonyl (C=O) groups excluding carboxylic acids is 2. The lowest BCUT2D eigenvalue weighted by atomic mass is 9.81. The van der Waals surface area contributed by atoms with Crippen molar-refractivity contribution in [2.45, 2.75) is 63.5 Å². The molecule has 30 heavy (non-hydrogen) atoms. The summed E-state index contributed by atoms with van der Waals surface area (Å²) in [5.74, 6) is -6.71. The molecule has 7 nitrogen and oxygen atoms in total. The molecule has 1 aliphatic carbocycles. The summed E-state index contributed by atoms with van der Waals surface area (Å²) < 4.78 is 28.4. The third-order valence-corrected chi connectivity index (χ3v) is 6.06. The molecule has 3 atom stereocenters. The van der Waals surface area contributed by atoms with Crippen LogP contribution in [0.5, 0.6) is 0 Å². The summed E-state index contributed by atoms with van der Waals surface area (Å²) in [6.07, 6.45) is 6.54. The van der Waals surface area contributed by atoms with Crippen LogP contribution in [0.25, 0.3) is 0 Å². The Morgan fingerprint density at radius 3 is 2.57 bits per heavy atom. The molecule has 1 saturated carbocycles. The van der Waals surface area contributed by atoms with E-state index in [1.54, 1.807) is 6.07 Å². The highest BCUT2D eigenvalue weighted by Crippen LogP contribution is 2.35. The van der Waals surface area contributed by atoms with Gasteiger partial charge in [0.1, 0.15) is 0 Å². The Hall–Kier alpha value is -2.29. The lowest BCUT2D eigenvalue weighted by molar-refractivity contribution is -0.165. The van der Waals surface area contributed by atoms with Gasteiger partial charge in [-0.3, -0.25) is 9.78 Å². The largest absolute Gasteiger partial charge is 0.480 e. The predicted octanol–water partition coefficient (Wildman–Crippen LogP) is 3.50. The number of carboxylic acid groups (broad SMARTS) is 1. The monoisotopic (exact) mass is 443 g/mol. The van der Waals surface area contributed by atoms with E-state index in [9.17, 15) is 28.3 Å². The number of nitrogens with one attached hydrogen (secondary N) is 1. The maximum absolute atomic E-state index is 14.2. The van der Waals surface area contributed by atoms with Crippen molar-refractivity contribution in [3.8, 4) is 0 Å². The Balaban J connectivity index is 1.74. The Labute approximate surface area is 177 Å². The molecule has 2 heterocycles. The molecule has 2 N–H and O–H groups in total. The molecule has 0 spiro atoms. The number of aliphatic carboxylic acids is 1. The van der Waals surface area contributed by atoms with Gasteiger partial charge in [0.05, 0.1) is 17.0 Å². The third-order valence-electron chi connectivity index (χ3n) is 5.85. The van der Waals surface area contributed by atoms with Gasteiger partial charge in [0.15, 0.2) is 6.04 Å². The van der Waals surface area contributed by atoms with Gasteiger partial charge < -0.3 is 10.4 Å². The van der Waals surface area contributed by atoms with Gasteiger partial charge in [-0.2, -0.15) is 0 Å². The second-order valence-corrected chi connectivity index (χ2v) is 8.53. The van der Waals surface area contributed by atoms with Crippen LogP contribution in [0.4, 0.5) is 13.6 Å². The Bertz CT molecular complexity index is 827. The molecule has 3 amide bonds. The van der Waals surface area contributed by atoms with Crippen molar-refractivity contribution in [1.82, 2.24) is 15.2 Å². The van der Waals surface area contributed by atoms with Gasteiger partial charge in [0, 0.05) is 19.3 Å². The van der Waals surface area contributed by atoms with Gasteiger partial charge in [0.2, 0.25) is 5.91 Å². The fourth-order valence-electron chi connectivity index (χ4n) is 4.41. The predicted molar refractivity (Wildman–Crippen MR) is 104 cm³/mol. The number of aromatic nitrogens is 1. The average molecular weight is 444 g/mol. The number of carbonyl (C=O) groups is 3. The molecule has 164 valence electrons. The number of pyridine rings is 1. The summed E-state index contributed by atoms with van der Waals surface area (Å²) in [4.78, 5) is 41.4. The number of halogens is 3. The van der Waals surface area contributed by atoms with Crippen LogP contribution in [0.2, 0.25) is 5.02 Å². The molecule has 1 unspecified atom stereocenters. The summed E-state index contributed by atoms with van der Waals surface area (Å²) in [5, 5.41) is 12.1. The smallest absolute Gasteiger partial charge is 0.327 e. The number of nitrogens with zero attached hydrogens (tertiary/aromatic N) is 2. The van der Waals surface area contributed by atoms with Crippen LogP contribution in [0, 0.1) is 11.8 Å². The molecule has 2 aliphatic rings. The van der Waals surface area contributed by atoms with Crippen LogP contribution in [0.3, 0.4) is 0 Å². The molecule has 0 radical (unpaired) electrons. The minimum atomic E-state index is -3.20. The van der Waals surface area contributed by atoms with Crippen molar-refractivity contribution in [2.75, 3.05) is 0 Å². The van der Waals surface area contributed by atoms with Gasteiger partial charge >= 0.3 is 12.0 Å². The SMILES string of the molecule is CC(F)(F)[C@@H](NC(=O)N1C(=O)C(Cc2cncc(Cl)c2)[C@H]1C(=O)O)C1CCCCC1. The fraction of sp³-hybridized carbons (Fsp3) is 0.600. The topological polar surface area (TPSA) is 99.6 Å². The molecule has 3 rings (SSSR count). The number of hydrogen-bond donors (Lipinski definition) is 2. The number of likely N-dealkylation sites (tertiary alicyclic amines) is 1. The van der Waals surface area contributed by atoms with Crippen LogP contribution in [-0.4, -0.2) is 50.9 Å². The van der Waals surface area contributed by atoms with Gasteiger partial charge in [-0.05, 0) is 36.8 Å². The number of imide groups is 1. The zero-order chi connectivity index (χ0) is 22.1. The fourth-order valence-corrected chi connectivity index (χ4v) is 4.60. The van der Waals surface area contributed by atoms with E-state index in [-0.39, 0.29) is 6.42 Å². The molecule has 1 aliphatic heterocycles. The molecular formula is C20H24ClF2N3O4. The van der Waals surface area contributed by atoms with Crippen molar-refractivity contribution < 1.29 is 28.3 Å². The van der Waals surface area contributed by atoms with E-state index in [0.29, 0.717) is 28.3 Å². The van der Waals surface area contributed by atoms with E-state index in [2.05, 4.69) is 10.3 Å². The zero-order valence-electron chi connectivity index (χ0n) is 16.5. The highest BCUT2D eigenvalue weighted by atomic mass is 35.5. The number of urea groups is 1. The molecule has 1 saturated heterocycles. The van der Waals surface area contributed by atoms with Crippen molar-refractivity contribution in [1.29, 1.82) is 0 Å². The molecule has 1 aromatic rings. The quantitative estimate of drug-likeness (QED) is 0.655. The van der Waals surface area contributed by atoms with E-state index in [0.717, 1.165) is 26.2 Å². The minimum absolute atomic E-state index is 0.0309. The Morgan fingerprint density at radius 1 is 1.33 bits per heavy atom. The van der Waals surface area contributed by atoms with Crippen LogP contribution < -0.4 is 5.32 Å². The number of amides is 3.